The minimum atomic E-state index is -3.18. The highest BCUT2D eigenvalue weighted by Gasteiger charge is 2.10. The Labute approximate surface area is 107 Å². The molecule has 0 bridgehead atoms. The van der Waals surface area contributed by atoms with Crippen LogP contribution in [0.15, 0.2) is 0 Å². The molecule has 98 valence electrons. The van der Waals surface area contributed by atoms with Gasteiger partial charge in [-0.3, -0.25) is 0 Å². The van der Waals surface area contributed by atoms with Crippen molar-refractivity contribution in [2.45, 2.75) is 44.5 Å². The second-order valence-electron chi connectivity index (χ2n) is 3.93. The number of sulfonamides is 1. The van der Waals surface area contributed by atoms with Crippen molar-refractivity contribution in [3.8, 4) is 0 Å². The monoisotopic (exact) mass is 315 g/mol. The lowest BCUT2D eigenvalue weighted by Crippen LogP contribution is -2.30. The molecule has 0 spiro atoms. The smallest absolute Gasteiger partial charge is 0.213 e. The van der Waals surface area contributed by atoms with Gasteiger partial charge in [-0.1, -0.05) is 22.9 Å². The van der Waals surface area contributed by atoms with Crippen LogP contribution in [0, 0.1) is 0 Å². The Morgan fingerprint density at radius 2 is 2.00 bits per heavy atom. The molecule has 16 heavy (non-hydrogen) atoms. The number of ether oxygens (including phenoxy) is 1. The van der Waals surface area contributed by atoms with Gasteiger partial charge in [0.1, 0.15) is 0 Å². The van der Waals surface area contributed by atoms with Crippen LogP contribution in [-0.4, -0.2) is 38.3 Å². The van der Waals surface area contributed by atoms with Crippen LogP contribution in [0.5, 0.6) is 0 Å². The third kappa shape index (κ3) is 9.57. The molecule has 1 unspecified atom stereocenters. The molecule has 1 N–H and O–H groups in total. The van der Waals surface area contributed by atoms with E-state index >= 15 is 0 Å². The molecule has 0 aliphatic heterocycles. The van der Waals surface area contributed by atoms with Gasteiger partial charge in [0.05, 0.1) is 18.5 Å². The van der Waals surface area contributed by atoms with Gasteiger partial charge in [0.15, 0.2) is 0 Å². The average molecular weight is 316 g/mol. The van der Waals surface area contributed by atoms with Crippen LogP contribution in [0.4, 0.5) is 0 Å². The number of rotatable bonds is 9. The Balaban J connectivity index is 3.71. The molecule has 0 aliphatic rings. The minimum absolute atomic E-state index is 0.0320. The largest absolute Gasteiger partial charge is 0.378 e. The van der Waals surface area contributed by atoms with Crippen molar-refractivity contribution in [2.24, 2.45) is 0 Å². The first kappa shape index (κ1) is 16.4. The van der Waals surface area contributed by atoms with Crippen molar-refractivity contribution in [1.29, 1.82) is 0 Å². The fourth-order valence-electron chi connectivity index (χ4n) is 1.04. The summed E-state index contributed by atoms with van der Waals surface area (Å²) in [6.45, 7) is 6.56. The second-order valence-corrected chi connectivity index (χ2v) is 7.15. The van der Waals surface area contributed by atoms with E-state index in [-0.39, 0.29) is 18.5 Å². The van der Waals surface area contributed by atoms with Gasteiger partial charge >= 0.3 is 0 Å². The van der Waals surface area contributed by atoms with Crippen LogP contribution in [0.3, 0.4) is 0 Å². The van der Waals surface area contributed by atoms with Crippen molar-refractivity contribution < 1.29 is 13.2 Å². The molecule has 6 heteroatoms. The van der Waals surface area contributed by atoms with E-state index in [0.717, 1.165) is 12.8 Å². The van der Waals surface area contributed by atoms with Gasteiger partial charge in [0.2, 0.25) is 10.0 Å². The van der Waals surface area contributed by atoms with E-state index in [1.807, 2.05) is 13.8 Å². The summed E-state index contributed by atoms with van der Waals surface area (Å²) < 4.78 is 30.7. The van der Waals surface area contributed by atoms with E-state index in [9.17, 15) is 8.42 Å². The highest BCUT2D eigenvalue weighted by molar-refractivity contribution is 9.09. The van der Waals surface area contributed by atoms with E-state index in [1.165, 1.54) is 0 Å². The summed E-state index contributed by atoms with van der Waals surface area (Å²) in [5.74, 6) is 0.0320. The maximum atomic E-state index is 11.5. The fourth-order valence-corrected chi connectivity index (χ4v) is 2.16. The Kier molecular flexibility index (Phi) is 8.63. The topological polar surface area (TPSA) is 55.4 Å². The van der Waals surface area contributed by atoms with E-state index in [4.69, 9.17) is 4.74 Å². The summed E-state index contributed by atoms with van der Waals surface area (Å²) in [5.41, 5.74) is 0. The third-order valence-corrected chi connectivity index (χ3v) is 4.48. The van der Waals surface area contributed by atoms with Crippen LogP contribution in [0.25, 0.3) is 0 Å². The number of nitrogens with one attached hydrogen (secondary N) is 1. The van der Waals surface area contributed by atoms with Crippen LogP contribution in [0.1, 0.15) is 33.6 Å². The van der Waals surface area contributed by atoms with Gasteiger partial charge in [-0.15, -0.1) is 0 Å². The molecule has 0 rings (SSSR count). The number of alkyl halides is 1. The van der Waals surface area contributed by atoms with E-state index in [1.54, 1.807) is 0 Å². The summed E-state index contributed by atoms with van der Waals surface area (Å²) in [7, 11) is -3.18. The van der Waals surface area contributed by atoms with Crippen LogP contribution < -0.4 is 4.72 Å². The lowest BCUT2D eigenvalue weighted by atomic mass is 10.2. The van der Waals surface area contributed by atoms with Crippen molar-refractivity contribution in [3.63, 3.8) is 0 Å². The summed E-state index contributed by atoms with van der Waals surface area (Å²) >= 11 is 3.46. The maximum Gasteiger partial charge on any atom is 0.213 e. The van der Waals surface area contributed by atoms with Gasteiger partial charge in [0, 0.05) is 11.4 Å². The average Bonchev–Trinajstić information content (AvgIpc) is 2.16. The van der Waals surface area contributed by atoms with Gasteiger partial charge < -0.3 is 4.74 Å². The van der Waals surface area contributed by atoms with Crippen LogP contribution in [-0.2, 0) is 14.8 Å². The molecule has 0 radical (unpaired) electrons. The van der Waals surface area contributed by atoms with E-state index in [0.29, 0.717) is 11.4 Å². The van der Waals surface area contributed by atoms with Crippen LogP contribution >= 0.6 is 15.9 Å². The van der Waals surface area contributed by atoms with Crippen molar-refractivity contribution >= 4 is 26.0 Å². The number of hydrogen-bond donors (Lipinski definition) is 1. The van der Waals surface area contributed by atoms with Gasteiger partial charge in [-0.05, 0) is 26.7 Å². The first-order chi connectivity index (χ1) is 7.37. The minimum Gasteiger partial charge on any atom is -0.378 e. The molecule has 0 aromatic heterocycles. The predicted octanol–water partition coefficient (Wildman–Crippen LogP) is 1.89. The number of halogens is 1. The van der Waals surface area contributed by atoms with E-state index in [2.05, 4.69) is 27.6 Å². The molecule has 0 saturated heterocycles. The molecule has 0 aromatic carbocycles. The van der Waals surface area contributed by atoms with Crippen molar-refractivity contribution in [3.05, 3.63) is 0 Å². The molecule has 0 aliphatic carbocycles. The summed E-state index contributed by atoms with van der Waals surface area (Å²) in [5, 5.41) is 0. The Bertz CT molecular complexity index is 267. The first-order valence-electron chi connectivity index (χ1n) is 5.60. The van der Waals surface area contributed by atoms with Gasteiger partial charge in [-0.25, -0.2) is 13.1 Å². The highest BCUT2D eigenvalue weighted by Crippen LogP contribution is 2.07. The molecule has 0 saturated carbocycles. The summed E-state index contributed by atoms with van der Waals surface area (Å²) in [6, 6.07) is 0. The molecule has 1 atom stereocenters. The predicted molar refractivity (Wildman–Crippen MR) is 70.5 cm³/mol. The number of hydrogen-bond acceptors (Lipinski definition) is 3. The van der Waals surface area contributed by atoms with Gasteiger partial charge in [0.25, 0.3) is 0 Å². The van der Waals surface area contributed by atoms with E-state index < -0.39 is 10.0 Å². The molecular weight excluding hydrogens is 294 g/mol. The lowest BCUT2D eigenvalue weighted by Gasteiger charge is -2.10. The van der Waals surface area contributed by atoms with Crippen molar-refractivity contribution in [2.75, 3.05) is 18.9 Å². The van der Waals surface area contributed by atoms with Crippen LogP contribution in [0.2, 0.25) is 0 Å². The fraction of sp³-hybridized carbons (Fsp3) is 1.00. The zero-order chi connectivity index (χ0) is 12.6. The first-order valence-corrected chi connectivity index (χ1v) is 8.17. The molecule has 0 heterocycles. The highest BCUT2D eigenvalue weighted by atomic mass is 79.9. The Morgan fingerprint density at radius 1 is 1.38 bits per heavy atom. The SMILES string of the molecule is CCC(Br)CCNS(=O)(=O)CCOC(C)C. The van der Waals surface area contributed by atoms with Crippen molar-refractivity contribution in [1.82, 2.24) is 4.72 Å². The van der Waals surface area contributed by atoms with Gasteiger partial charge in [-0.2, -0.15) is 0 Å². The normalized spacial score (nSPS) is 14.3. The zero-order valence-electron chi connectivity index (χ0n) is 10.2. The summed E-state index contributed by atoms with van der Waals surface area (Å²) in [4.78, 5) is 0.377. The second kappa shape index (κ2) is 8.44. The molecular formula is C10H22BrNO3S. The summed E-state index contributed by atoms with van der Waals surface area (Å²) in [6.07, 6.45) is 1.88. The molecule has 4 nitrogen and oxygen atoms in total. The lowest BCUT2D eigenvalue weighted by molar-refractivity contribution is 0.0911. The molecule has 0 aromatic rings. The molecule has 0 amide bonds. The Hall–Kier alpha value is 0.350. The third-order valence-electron chi connectivity index (χ3n) is 2.03. The molecule has 0 fully saturated rings. The standard InChI is InChI=1S/C10H22BrNO3S/c1-4-10(11)5-6-12-16(13,14)8-7-15-9(2)3/h9-10,12H,4-8H2,1-3H3. The maximum absolute atomic E-state index is 11.5. The Morgan fingerprint density at radius 3 is 2.50 bits per heavy atom. The zero-order valence-corrected chi connectivity index (χ0v) is 12.6. The quantitative estimate of drug-likeness (QED) is 0.661.